The smallest absolute Gasteiger partial charge is 0.108 e. The van der Waals surface area contributed by atoms with Crippen molar-refractivity contribution in [2.24, 2.45) is 5.73 Å². The van der Waals surface area contributed by atoms with Crippen LogP contribution in [0.2, 0.25) is 0 Å². The summed E-state index contributed by atoms with van der Waals surface area (Å²) in [6.45, 7) is -0.334. The largest absolute Gasteiger partial charge is 0.394 e. The summed E-state index contributed by atoms with van der Waals surface area (Å²) in [6.07, 6.45) is -3.47. The number of rotatable bonds is 5. The van der Waals surface area contributed by atoms with Crippen LogP contribution in [0.15, 0.2) is 0 Å². The van der Waals surface area contributed by atoms with Gasteiger partial charge in [-0.15, -0.1) is 0 Å². The van der Waals surface area contributed by atoms with Crippen LogP contribution in [0.4, 0.5) is 0 Å². The van der Waals surface area contributed by atoms with Crippen LogP contribution in [-0.4, -0.2) is 51.9 Å². The second-order valence-electron chi connectivity index (χ2n) is 2.39. The van der Waals surface area contributed by atoms with Crippen LogP contribution in [0.1, 0.15) is 6.42 Å². The Balaban J connectivity index is 3.70. The lowest BCUT2D eigenvalue weighted by molar-refractivity contribution is -0.0773. The van der Waals surface area contributed by atoms with E-state index in [-0.39, 0.29) is 13.0 Å². The summed E-state index contributed by atoms with van der Waals surface area (Å²) < 4.78 is 0. The number of aliphatic hydroxyl groups is 4. The van der Waals surface area contributed by atoms with E-state index in [4.69, 9.17) is 26.2 Å². The van der Waals surface area contributed by atoms with Crippen LogP contribution >= 0.6 is 0 Å². The van der Waals surface area contributed by atoms with Gasteiger partial charge in [0, 0.05) is 0 Å². The number of hydrogen-bond donors (Lipinski definition) is 5. The third-order valence-corrected chi connectivity index (χ3v) is 1.44. The molecule has 0 aliphatic carbocycles. The minimum atomic E-state index is -1.32. The monoisotopic (exact) mass is 165 g/mol. The highest BCUT2D eigenvalue weighted by atomic mass is 16.4. The van der Waals surface area contributed by atoms with Gasteiger partial charge in [-0.1, -0.05) is 0 Å². The van der Waals surface area contributed by atoms with Gasteiger partial charge in [0.25, 0.3) is 0 Å². The fourth-order valence-electron chi connectivity index (χ4n) is 0.706. The molecule has 3 atom stereocenters. The molecule has 0 aliphatic heterocycles. The van der Waals surface area contributed by atoms with E-state index in [9.17, 15) is 0 Å². The SMILES string of the molecule is NCC[C@@H](O)[C@H](O)[C@H](O)CO. The molecular formula is C6H15NO4. The van der Waals surface area contributed by atoms with Crippen molar-refractivity contribution in [3.05, 3.63) is 0 Å². The number of nitrogens with two attached hydrogens (primary N) is 1. The third kappa shape index (κ3) is 3.64. The van der Waals surface area contributed by atoms with Crippen LogP contribution < -0.4 is 5.73 Å². The molecule has 0 aromatic heterocycles. The van der Waals surface area contributed by atoms with Crippen molar-refractivity contribution in [2.45, 2.75) is 24.7 Å². The highest BCUT2D eigenvalue weighted by Gasteiger charge is 2.22. The Kier molecular flexibility index (Phi) is 5.35. The molecule has 5 heteroatoms. The number of aliphatic hydroxyl groups excluding tert-OH is 4. The van der Waals surface area contributed by atoms with Crippen molar-refractivity contribution in [3.63, 3.8) is 0 Å². The van der Waals surface area contributed by atoms with E-state index in [0.717, 1.165) is 0 Å². The van der Waals surface area contributed by atoms with Crippen LogP contribution in [0.25, 0.3) is 0 Å². The maximum absolute atomic E-state index is 9.02. The highest BCUT2D eigenvalue weighted by molar-refractivity contribution is 4.74. The zero-order valence-corrected chi connectivity index (χ0v) is 6.22. The van der Waals surface area contributed by atoms with Gasteiger partial charge in [-0.2, -0.15) is 0 Å². The van der Waals surface area contributed by atoms with E-state index >= 15 is 0 Å². The minimum absolute atomic E-state index is 0.207. The van der Waals surface area contributed by atoms with E-state index < -0.39 is 24.9 Å². The lowest BCUT2D eigenvalue weighted by Crippen LogP contribution is -2.40. The van der Waals surface area contributed by atoms with Crippen molar-refractivity contribution < 1.29 is 20.4 Å². The van der Waals surface area contributed by atoms with Crippen molar-refractivity contribution >= 4 is 0 Å². The Hall–Kier alpha value is -0.200. The first-order valence-corrected chi connectivity index (χ1v) is 3.48. The summed E-state index contributed by atoms with van der Waals surface area (Å²) in [7, 11) is 0. The Morgan fingerprint density at radius 3 is 2.00 bits per heavy atom. The first-order valence-electron chi connectivity index (χ1n) is 3.48. The van der Waals surface area contributed by atoms with E-state index in [0.29, 0.717) is 0 Å². The minimum Gasteiger partial charge on any atom is -0.394 e. The van der Waals surface area contributed by atoms with Crippen LogP contribution in [0.5, 0.6) is 0 Å². The van der Waals surface area contributed by atoms with Crippen molar-refractivity contribution in [1.82, 2.24) is 0 Å². The lowest BCUT2D eigenvalue weighted by atomic mass is 10.1. The summed E-state index contributed by atoms with van der Waals surface area (Å²) >= 11 is 0. The molecule has 68 valence electrons. The molecule has 0 aliphatic rings. The fourth-order valence-corrected chi connectivity index (χ4v) is 0.706. The Bertz CT molecular complexity index is 101. The summed E-state index contributed by atoms with van der Waals surface area (Å²) in [4.78, 5) is 0. The normalized spacial score (nSPS) is 19.4. The van der Waals surface area contributed by atoms with Gasteiger partial charge in [0.1, 0.15) is 12.2 Å². The van der Waals surface area contributed by atoms with E-state index in [1.807, 2.05) is 0 Å². The maximum Gasteiger partial charge on any atom is 0.108 e. The topological polar surface area (TPSA) is 107 Å². The van der Waals surface area contributed by atoms with Crippen LogP contribution in [0.3, 0.4) is 0 Å². The molecule has 5 nitrogen and oxygen atoms in total. The quantitative estimate of drug-likeness (QED) is 0.307. The molecule has 0 saturated heterocycles. The second-order valence-corrected chi connectivity index (χ2v) is 2.39. The molecule has 0 unspecified atom stereocenters. The summed E-state index contributed by atoms with van der Waals surface area (Å²) in [6, 6.07) is 0. The molecule has 0 aromatic carbocycles. The van der Waals surface area contributed by atoms with Gasteiger partial charge in [0.05, 0.1) is 12.7 Å². The highest BCUT2D eigenvalue weighted by Crippen LogP contribution is 2.02. The molecule has 0 amide bonds. The maximum atomic E-state index is 9.02. The molecule has 6 N–H and O–H groups in total. The molecule has 0 fully saturated rings. The summed E-state index contributed by atoms with van der Waals surface area (Å²) in [5.41, 5.74) is 5.09. The Morgan fingerprint density at radius 1 is 1.09 bits per heavy atom. The Morgan fingerprint density at radius 2 is 1.64 bits per heavy atom. The van der Waals surface area contributed by atoms with Crippen LogP contribution in [-0.2, 0) is 0 Å². The molecule has 0 aromatic rings. The average Bonchev–Trinajstić information content (AvgIpc) is 2.02. The first-order chi connectivity index (χ1) is 5.13. The molecular weight excluding hydrogens is 150 g/mol. The molecule has 11 heavy (non-hydrogen) atoms. The van der Waals surface area contributed by atoms with Crippen molar-refractivity contribution in [3.8, 4) is 0 Å². The molecule has 0 radical (unpaired) electrons. The van der Waals surface area contributed by atoms with Gasteiger partial charge in [0.15, 0.2) is 0 Å². The summed E-state index contributed by atoms with van der Waals surface area (Å²) in [5.74, 6) is 0. The van der Waals surface area contributed by atoms with Crippen molar-refractivity contribution in [1.29, 1.82) is 0 Å². The van der Waals surface area contributed by atoms with Gasteiger partial charge < -0.3 is 26.2 Å². The van der Waals surface area contributed by atoms with Gasteiger partial charge in [-0.3, -0.25) is 0 Å². The fraction of sp³-hybridized carbons (Fsp3) is 1.00. The van der Waals surface area contributed by atoms with Gasteiger partial charge in [-0.05, 0) is 13.0 Å². The van der Waals surface area contributed by atoms with Gasteiger partial charge in [0.2, 0.25) is 0 Å². The second kappa shape index (κ2) is 5.45. The Labute approximate surface area is 65.1 Å². The zero-order valence-electron chi connectivity index (χ0n) is 6.22. The zero-order chi connectivity index (χ0) is 8.85. The average molecular weight is 165 g/mol. The predicted octanol–water partition coefficient (Wildman–Crippen LogP) is -2.59. The molecule has 0 spiro atoms. The molecule has 0 saturated carbocycles. The standard InChI is InChI=1S/C6H15NO4/c7-2-1-4(9)6(11)5(10)3-8/h4-6,8-11H,1-3,7H2/t4-,5-,6+/m1/s1. The molecule has 0 heterocycles. The third-order valence-electron chi connectivity index (χ3n) is 1.44. The molecule has 0 bridgehead atoms. The summed E-state index contributed by atoms with van der Waals surface area (Å²) in [5, 5.41) is 35.2. The van der Waals surface area contributed by atoms with E-state index in [1.165, 1.54) is 0 Å². The van der Waals surface area contributed by atoms with Crippen molar-refractivity contribution in [2.75, 3.05) is 13.2 Å². The van der Waals surface area contributed by atoms with E-state index in [2.05, 4.69) is 0 Å². The first kappa shape index (κ1) is 10.8. The lowest BCUT2D eigenvalue weighted by Gasteiger charge is -2.20. The van der Waals surface area contributed by atoms with Gasteiger partial charge in [-0.25, -0.2) is 0 Å². The number of hydrogen-bond acceptors (Lipinski definition) is 5. The predicted molar refractivity (Wildman–Crippen MR) is 38.8 cm³/mol. The van der Waals surface area contributed by atoms with Crippen LogP contribution in [0, 0.1) is 0 Å². The van der Waals surface area contributed by atoms with E-state index in [1.54, 1.807) is 0 Å². The molecule has 0 rings (SSSR count). The van der Waals surface area contributed by atoms with Gasteiger partial charge >= 0.3 is 0 Å².